The molecule has 0 aromatic carbocycles. The van der Waals surface area contributed by atoms with E-state index in [0.717, 1.165) is 12.1 Å². The molecule has 8 heteroatoms. The van der Waals surface area contributed by atoms with Gasteiger partial charge in [0.25, 0.3) is 11.7 Å². The largest absolute Gasteiger partial charge is 0.505 e. The Morgan fingerprint density at radius 1 is 1.23 bits per heavy atom. The minimum absolute atomic E-state index is 0.0243. The lowest BCUT2D eigenvalue weighted by atomic mass is 10.0. The summed E-state index contributed by atoms with van der Waals surface area (Å²) in [6, 6.07) is 6.42. The normalized spacial score (nSPS) is 18.6. The van der Waals surface area contributed by atoms with Crippen LogP contribution in [0.1, 0.15) is 35.2 Å². The second-order valence-corrected chi connectivity index (χ2v) is 8.10. The third-order valence-electron chi connectivity index (χ3n) is 5.60. The highest BCUT2D eigenvalue weighted by Gasteiger charge is 2.47. The molecule has 3 aromatic rings. The van der Waals surface area contributed by atoms with Gasteiger partial charge in [-0.15, -0.1) is 0 Å². The number of pyridine rings is 1. The fraction of sp³-hybridized carbons (Fsp3) is 0.348. The number of aliphatic hydroxyl groups is 1. The van der Waals surface area contributed by atoms with E-state index in [1.807, 2.05) is 38.1 Å². The van der Waals surface area contributed by atoms with Crippen LogP contribution in [0, 0.1) is 13.8 Å². The van der Waals surface area contributed by atoms with Crippen molar-refractivity contribution in [2.75, 3.05) is 27.2 Å². The van der Waals surface area contributed by atoms with Crippen molar-refractivity contribution in [1.29, 1.82) is 0 Å². The van der Waals surface area contributed by atoms with E-state index in [-0.39, 0.29) is 11.3 Å². The van der Waals surface area contributed by atoms with Gasteiger partial charge in [0.1, 0.15) is 23.1 Å². The molecule has 1 amide bonds. The number of fused-ring (bicyclic) bond motifs is 1. The average molecular weight is 422 g/mol. The molecule has 1 N–H and O–H groups in total. The van der Waals surface area contributed by atoms with E-state index >= 15 is 0 Å². The lowest BCUT2D eigenvalue weighted by Crippen LogP contribution is -2.32. The number of aryl methyl sites for hydroxylation is 2. The number of carbonyl (C=O) groups excluding carboxylic acids is 2. The highest BCUT2D eigenvalue weighted by molar-refractivity contribution is 6.46. The number of Topliss-reactive ketones (excluding diaryl/α,β-unsaturated/α-hetero) is 1. The maximum atomic E-state index is 13.1. The number of furan rings is 1. The van der Waals surface area contributed by atoms with Crippen molar-refractivity contribution >= 4 is 23.1 Å². The van der Waals surface area contributed by atoms with Crippen LogP contribution in [0.5, 0.6) is 0 Å². The van der Waals surface area contributed by atoms with Crippen molar-refractivity contribution in [2.24, 2.45) is 0 Å². The van der Waals surface area contributed by atoms with Crippen molar-refractivity contribution in [1.82, 2.24) is 19.2 Å². The lowest BCUT2D eigenvalue weighted by Gasteiger charge is -2.24. The van der Waals surface area contributed by atoms with Gasteiger partial charge in [0.05, 0.1) is 17.5 Å². The van der Waals surface area contributed by atoms with Crippen LogP contribution in [0.2, 0.25) is 0 Å². The van der Waals surface area contributed by atoms with Crippen molar-refractivity contribution in [3.8, 4) is 0 Å². The van der Waals surface area contributed by atoms with E-state index < -0.39 is 17.7 Å². The number of imidazole rings is 1. The van der Waals surface area contributed by atoms with Gasteiger partial charge >= 0.3 is 0 Å². The predicted octanol–water partition coefficient (Wildman–Crippen LogP) is 2.92. The molecule has 4 rings (SSSR count). The van der Waals surface area contributed by atoms with E-state index in [1.54, 1.807) is 29.7 Å². The second kappa shape index (κ2) is 8.03. The van der Waals surface area contributed by atoms with E-state index in [4.69, 9.17) is 4.42 Å². The Balaban J connectivity index is 1.86. The first-order valence-electron chi connectivity index (χ1n) is 10.2. The van der Waals surface area contributed by atoms with Crippen LogP contribution in [-0.2, 0) is 9.59 Å². The maximum Gasteiger partial charge on any atom is 0.295 e. The molecule has 0 saturated carbocycles. The van der Waals surface area contributed by atoms with Gasteiger partial charge in [-0.1, -0.05) is 6.07 Å². The third-order valence-corrected chi connectivity index (χ3v) is 5.60. The number of carbonyl (C=O) groups is 2. The number of hydrogen-bond donors (Lipinski definition) is 1. The zero-order valence-electron chi connectivity index (χ0n) is 18.1. The van der Waals surface area contributed by atoms with Crippen LogP contribution in [0.4, 0.5) is 0 Å². The average Bonchev–Trinajstić information content (AvgIpc) is 3.41. The first-order chi connectivity index (χ1) is 14.8. The summed E-state index contributed by atoms with van der Waals surface area (Å²) in [6.45, 7) is 4.84. The molecule has 3 aromatic heterocycles. The Hall–Kier alpha value is -3.39. The Morgan fingerprint density at radius 3 is 2.68 bits per heavy atom. The number of rotatable bonds is 6. The molecule has 4 heterocycles. The Bertz CT molecular complexity index is 1170. The maximum absolute atomic E-state index is 13.1. The molecule has 31 heavy (non-hydrogen) atoms. The molecule has 0 spiro atoms. The number of ketones is 1. The van der Waals surface area contributed by atoms with Gasteiger partial charge in [-0.3, -0.25) is 14.0 Å². The highest BCUT2D eigenvalue weighted by atomic mass is 16.3. The first kappa shape index (κ1) is 20.9. The minimum atomic E-state index is -0.785. The molecule has 0 unspecified atom stereocenters. The van der Waals surface area contributed by atoms with Gasteiger partial charge < -0.3 is 19.3 Å². The summed E-state index contributed by atoms with van der Waals surface area (Å²) in [7, 11) is 3.90. The van der Waals surface area contributed by atoms with Crippen LogP contribution in [-0.4, -0.2) is 63.2 Å². The van der Waals surface area contributed by atoms with E-state index in [1.165, 1.54) is 11.2 Å². The summed E-state index contributed by atoms with van der Waals surface area (Å²) >= 11 is 0. The van der Waals surface area contributed by atoms with Gasteiger partial charge in [-0.05, 0) is 64.7 Å². The Labute approximate surface area is 180 Å². The molecular formula is C23H26N4O4. The summed E-state index contributed by atoms with van der Waals surface area (Å²) in [5, 5.41) is 11.3. The fourth-order valence-electron chi connectivity index (χ4n) is 4.14. The number of aliphatic hydroxyl groups excluding tert-OH is 1. The molecule has 162 valence electrons. The van der Waals surface area contributed by atoms with Crippen LogP contribution >= 0.6 is 0 Å². The monoisotopic (exact) mass is 422 g/mol. The number of nitrogens with zero attached hydrogens (tertiary/aromatic N) is 4. The molecule has 0 aliphatic carbocycles. The second-order valence-electron chi connectivity index (χ2n) is 8.10. The van der Waals surface area contributed by atoms with Crippen LogP contribution < -0.4 is 0 Å². The van der Waals surface area contributed by atoms with Gasteiger partial charge in [-0.25, -0.2) is 4.98 Å². The molecule has 0 bridgehead atoms. The Morgan fingerprint density at radius 2 is 2.00 bits per heavy atom. The summed E-state index contributed by atoms with van der Waals surface area (Å²) in [6.07, 6.45) is 3.97. The van der Waals surface area contributed by atoms with E-state index in [2.05, 4.69) is 4.98 Å². The summed E-state index contributed by atoms with van der Waals surface area (Å²) < 4.78 is 7.33. The number of likely N-dealkylation sites (tertiary alicyclic amines) is 1. The molecule has 1 atom stereocenters. The van der Waals surface area contributed by atoms with Crippen molar-refractivity contribution in [3.05, 3.63) is 65.0 Å². The van der Waals surface area contributed by atoms with Gasteiger partial charge in [0.15, 0.2) is 5.76 Å². The summed E-state index contributed by atoms with van der Waals surface area (Å²) in [5.74, 6) is -1.16. The highest BCUT2D eigenvalue weighted by Crippen LogP contribution is 2.40. The van der Waals surface area contributed by atoms with Crippen molar-refractivity contribution in [2.45, 2.75) is 26.3 Å². The van der Waals surface area contributed by atoms with Crippen LogP contribution in [0.3, 0.4) is 0 Å². The quantitative estimate of drug-likeness (QED) is 0.373. The molecule has 1 aliphatic heterocycles. The Kier molecular flexibility index (Phi) is 5.41. The minimum Gasteiger partial charge on any atom is -0.505 e. The first-order valence-corrected chi connectivity index (χ1v) is 10.2. The SMILES string of the molecule is Cc1nc2c(C)cccn2c1/C(O)=C1\C(=O)C(=O)N(CCCN(C)C)[C@H]1c1ccco1. The number of hydrogen-bond acceptors (Lipinski definition) is 6. The predicted molar refractivity (Wildman–Crippen MR) is 116 cm³/mol. The molecule has 0 radical (unpaired) electrons. The number of aromatic nitrogens is 2. The van der Waals surface area contributed by atoms with Gasteiger partial charge in [-0.2, -0.15) is 0 Å². The summed E-state index contributed by atoms with van der Waals surface area (Å²) in [5.41, 5.74) is 2.63. The molecule has 1 aliphatic rings. The summed E-state index contributed by atoms with van der Waals surface area (Å²) in [4.78, 5) is 34.1. The lowest BCUT2D eigenvalue weighted by molar-refractivity contribution is -0.140. The van der Waals surface area contributed by atoms with E-state index in [0.29, 0.717) is 35.8 Å². The standard InChI is InChI=1S/C23H26N4O4/c1-14-8-5-11-26-18(15(2)24-22(14)26)20(28)17-19(16-9-6-13-31-16)27(23(30)21(17)29)12-7-10-25(3)4/h5-6,8-9,11,13,19,28H,7,10,12H2,1-4H3/b20-17+/t19-/m0/s1. The molecular weight excluding hydrogens is 396 g/mol. The van der Waals surface area contributed by atoms with Gasteiger partial charge in [0, 0.05) is 12.7 Å². The topological polar surface area (TPSA) is 91.3 Å². The smallest absolute Gasteiger partial charge is 0.295 e. The molecule has 8 nitrogen and oxygen atoms in total. The zero-order chi connectivity index (χ0) is 22.3. The van der Waals surface area contributed by atoms with Gasteiger partial charge in [0.2, 0.25) is 0 Å². The fourth-order valence-corrected chi connectivity index (χ4v) is 4.14. The van der Waals surface area contributed by atoms with Crippen LogP contribution in [0.15, 0.2) is 46.7 Å². The van der Waals surface area contributed by atoms with Crippen molar-refractivity contribution in [3.63, 3.8) is 0 Å². The number of amides is 1. The molecule has 1 saturated heterocycles. The zero-order valence-corrected chi connectivity index (χ0v) is 18.1. The van der Waals surface area contributed by atoms with Crippen molar-refractivity contribution < 1.29 is 19.1 Å². The third kappa shape index (κ3) is 3.53. The van der Waals surface area contributed by atoms with E-state index in [9.17, 15) is 14.7 Å². The van der Waals surface area contributed by atoms with Crippen LogP contribution in [0.25, 0.3) is 11.4 Å². The molecule has 1 fully saturated rings.